The summed E-state index contributed by atoms with van der Waals surface area (Å²) >= 11 is 6.28. The Morgan fingerprint density at radius 3 is 2.35 bits per heavy atom. The second-order valence-electron chi connectivity index (χ2n) is 5.43. The topological polar surface area (TPSA) is 125 Å². The molecule has 3 aromatic heterocycles. The van der Waals surface area contributed by atoms with E-state index in [1.807, 2.05) is 0 Å². The van der Waals surface area contributed by atoms with Crippen molar-refractivity contribution in [3.8, 4) is 28.7 Å². The standard InChI is InChI=1S/C17H10ClN5O3/c18-11-5-12-15(23-17(26)21-12)22-13(11)8-1-3-9(4-2-8)14-19-6-10(7-20-14)16(24)25/h1-7H,(H,24,25)(H2,21,22,23,26). The summed E-state index contributed by atoms with van der Waals surface area (Å²) in [5.74, 6) is -0.666. The number of rotatable bonds is 3. The summed E-state index contributed by atoms with van der Waals surface area (Å²) in [5.41, 5.74) is 2.93. The first-order valence-electron chi connectivity index (χ1n) is 7.42. The van der Waals surface area contributed by atoms with Crippen molar-refractivity contribution in [2.45, 2.75) is 0 Å². The Balaban J connectivity index is 1.69. The number of aromatic nitrogens is 5. The van der Waals surface area contributed by atoms with Crippen molar-refractivity contribution in [1.82, 2.24) is 24.9 Å². The molecule has 3 N–H and O–H groups in total. The average Bonchev–Trinajstić information content (AvgIpc) is 3.00. The number of aromatic amines is 1. The number of aromatic carboxylic acids is 1. The summed E-state index contributed by atoms with van der Waals surface area (Å²) in [7, 11) is 0. The van der Waals surface area contributed by atoms with Crippen molar-refractivity contribution in [1.29, 1.82) is 0 Å². The number of benzene rings is 1. The summed E-state index contributed by atoms with van der Waals surface area (Å²) < 4.78 is 0. The van der Waals surface area contributed by atoms with Gasteiger partial charge in [-0.25, -0.2) is 19.7 Å². The Hall–Kier alpha value is -3.52. The first kappa shape index (κ1) is 16.0. The molecule has 0 bridgehead atoms. The van der Waals surface area contributed by atoms with Crippen LogP contribution in [0.1, 0.15) is 10.4 Å². The first-order chi connectivity index (χ1) is 12.5. The van der Waals surface area contributed by atoms with E-state index in [1.165, 1.54) is 12.4 Å². The number of fused-ring (bicyclic) bond motifs is 1. The molecule has 1 aromatic carbocycles. The molecule has 9 heteroatoms. The molecule has 0 spiro atoms. The van der Waals surface area contributed by atoms with Crippen LogP contribution in [0.5, 0.6) is 6.01 Å². The van der Waals surface area contributed by atoms with Crippen LogP contribution < -0.4 is 0 Å². The lowest BCUT2D eigenvalue weighted by molar-refractivity contribution is 0.0696. The maximum Gasteiger partial charge on any atom is 0.338 e. The molecule has 0 aliphatic heterocycles. The van der Waals surface area contributed by atoms with Gasteiger partial charge in [0.1, 0.15) is 0 Å². The number of halogens is 1. The second kappa shape index (κ2) is 6.08. The fourth-order valence-electron chi connectivity index (χ4n) is 2.47. The van der Waals surface area contributed by atoms with Crippen LogP contribution in [0.4, 0.5) is 0 Å². The number of carbonyl (C=O) groups is 1. The molecule has 4 aromatic rings. The molecule has 0 amide bonds. The van der Waals surface area contributed by atoms with Crippen LogP contribution in [0, 0.1) is 0 Å². The Labute approximate surface area is 151 Å². The van der Waals surface area contributed by atoms with E-state index >= 15 is 0 Å². The van der Waals surface area contributed by atoms with Gasteiger partial charge in [-0.1, -0.05) is 35.9 Å². The van der Waals surface area contributed by atoms with E-state index < -0.39 is 5.97 Å². The van der Waals surface area contributed by atoms with Crippen molar-refractivity contribution in [3.05, 3.63) is 53.3 Å². The van der Waals surface area contributed by atoms with E-state index in [1.54, 1.807) is 30.3 Å². The summed E-state index contributed by atoms with van der Waals surface area (Å²) in [4.78, 5) is 29.9. The smallest absolute Gasteiger partial charge is 0.338 e. The molecular weight excluding hydrogens is 358 g/mol. The zero-order valence-electron chi connectivity index (χ0n) is 13.0. The normalized spacial score (nSPS) is 11.0. The van der Waals surface area contributed by atoms with Crippen LogP contribution in [0.25, 0.3) is 33.8 Å². The molecule has 0 aliphatic rings. The lowest BCUT2D eigenvalue weighted by Gasteiger charge is -2.05. The van der Waals surface area contributed by atoms with Gasteiger partial charge >= 0.3 is 5.97 Å². The molecule has 0 fully saturated rings. The number of hydrogen-bond donors (Lipinski definition) is 3. The highest BCUT2D eigenvalue weighted by atomic mass is 35.5. The first-order valence-corrected chi connectivity index (χ1v) is 7.80. The lowest BCUT2D eigenvalue weighted by Crippen LogP contribution is -1.99. The molecular formula is C17H10ClN5O3. The third-order valence-electron chi connectivity index (χ3n) is 3.73. The van der Waals surface area contributed by atoms with Gasteiger partial charge < -0.3 is 15.2 Å². The summed E-state index contributed by atoms with van der Waals surface area (Å²) in [6, 6.07) is 8.60. The van der Waals surface area contributed by atoms with Crippen LogP contribution in [0.3, 0.4) is 0 Å². The number of nitrogens with zero attached hydrogens (tertiary/aromatic N) is 4. The molecule has 0 saturated heterocycles. The van der Waals surface area contributed by atoms with Gasteiger partial charge in [-0.2, -0.15) is 4.98 Å². The molecule has 8 nitrogen and oxygen atoms in total. The van der Waals surface area contributed by atoms with Gasteiger partial charge in [0, 0.05) is 23.5 Å². The molecule has 0 radical (unpaired) electrons. The number of imidazole rings is 1. The van der Waals surface area contributed by atoms with Crippen molar-refractivity contribution in [2.75, 3.05) is 0 Å². The fourth-order valence-corrected chi connectivity index (χ4v) is 2.73. The third-order valence-corrected chi connectivity index (χ3v) is 4.02. The number of nitrogens with one attached hydrogen (secondary N) is 1. The molecule has 128 valence electrons. The van der Waals surface area contributed by atoms with Crippen molar-refractivity contribution in [3.63, 3.8) is 0 Å². The van der Waals surface area contributed by atoms with Gasteiger partial charge in [0.15, 0.2) is 11.5 Å². The SMILES string of the molecule is O=C(O)c1cnc(-c2ccc(-c3nc4nc(O)[nH]c4cc3Cl)cc2)nc1. The zero-order valence-corrected chi connectivity index (χ0v) is 13.8. The minimum atomic E-state index is -1.08. The van der Waals surface area contributed by atoms with Crippen LogP contribution >= 0.6 is 11.6 Å². The number of aromatic hydroxyl groups is 1. The molecule has 0 aliphatic carbocycles. The van der Waals surface area contributed by atoms with E-state index in [9.17, 15) is 9.90 Å². The van der Waals surface area contributed by atoms with Gasteiger partial charge in [0.25, 0.3) is 6.01 Å². The van der Waals surface area contributed by atoms with Gasteiger partial charge in [-0.05, 0) is 6.07 Å². The number of carboxylic acid groups (broad SMARTS) is 1. The maximum atomic E-state index is 10.9. The van der Waals surface area contributed by atoms with E-state index in [4.69, 9.17) is 16.7 Å². The van der Waals surface area contributed by atoms with Gasteiger partial charge in [-0.3, -0.25) is 0 Å². The molecule has 0 unspecified atom stereocenters. The molecule has 3 heterocycles. The highest BCUT2D eigenvalue weighted by Crippen LogP contribution is 2.30. The minimum absolute atomic E-state index is 0.0249. The maximum absolute atomic E-state index is 10.9. The van der Waals surface area contributed by atoms with Crippen LogP contribution in [-0.4, -0.2) is 41.1 Å². The zero-order chi connectivity index (χ0) is 18.3. The minimum Gasteiger partial charge on any atom is -0.480 e. The molecule has 0 saturated carbocycles. The summed E-state index contributed by atoms with van der Waals surface area (Å²) in [6.45, 7) is 0. The highest BCUT2D eigenvalue weighted by Gasteiger charge is 2.12. The monoisotopic (exact) mass is 367 g/mol. The fraction of sp³-hybridized carbons (Fsp3) is 0. The van der Waals surface area contributed by atoms with Gasteiger partial charge in [0.05, 0.1) is 21.8 Å². The molecule has 4 rings (SSSR count). The molecule has 26 heavy (non-hydrogen) atoms. The highest BCUT2D eigenvalue weighted by molar-refractivity contribution is 6.33. The van der Waals surface area contributed by atoms with Crippen LogP contribution in [-0.2, 0) is 0 Å². The number of H-pyrrole nitrogens is 1. The van der Waals surface area contributed by atoms with Gasteiger partial charge in [-0.15, -0.1) is 0 Å². The summed E-state index contributed by atoms with van der Waals surface area (Å²) in [5, 5.41) is 18.7. The lowest BCUT2D eigenvalue weighted by atomic mass is 10.1. The Morgan fingerprint density at radius 1 is 1.04 bits per heavy atom. The largest absolute Gasteiger partial charge is 0.480 e. The van der Waals surface area contributed by atoms with Crippen LogP contribution in [0.15, 0.2) is 42.7 Å². The van der Waals surface area contributed by atoms with Gasteiger partial charge in [0.2, 0.25) is 0 Å². The predicted octanol–water partition coefficient (Wildman–Crippen LogP) is 3.14. The van der Waals surface area contributed by atoms with E-state index in [0.717, 1.165) is 11.1 Å². The van der Waals surface area contributed by atoms with Crippen molar-refractivity contribution < 1.29 is 15.0 Å². The summed E-state index contributed by atoms with van der Waals surface area (Å²) in [6.07, 6.45) is 2.52. The van der Waals surface area contributed by atoms with E-state index in [2.05, 4.69) is 24.9 Å². The van der Waals surface area contributed by atoms with Crippen molar-refractivity contribution >= 4 is 28.7 Å². The second-order valence-corrected chi connectivity index (χ2v) is 5.84. The Bertz CT molecular complexity index is 1120. The van der Waals surface area contributed by atoms with Crippen LogP contribution in [0.2, 0.25) is 5.02 Å². The Morgan fingerprint density at radius 2 is 1.69 bits per heavy atom. The Kier molecular flexibility index (Phi) is 3.74. The van der Waals surface area contributed by atoms with E-state index in [-0.39, 0.29) is 11.6 Å². The number of carboxylic acids is 1. The number of pyridine rings is 1. The third kappa shape index (κ3) is 2.82. The number of hydrogen-bond acceptors (Lipinski definition) is 6. The molecule has 0 atom stereocenters. The van der Waals surface area contributed by atoms with E-state index in [0.29, 0.717) is 27.7 Å². The quantitative estimate of drug-likeness (QED) is 0.508. The predicted molar refractivity (Wildman–Crippen MR) is 94.0 cm³/mol. The van der Waals surface area contributed by atoms with Crippen molar-refractivity contribution in [2.24, 2.45) is 0 Å². The average molecular weight is 368 g/mol.